The second-order valence-electron chi connectivity index (χ2n) is 5.12. The van der Waals surface area contributed by atoms with Crippen molar-refractivity contribution in [2.24, 2.45) is 5.92 Å². The molecular formula is C14H20N2O5. The molecule has 1 aliphatic heterocycles. The quantitative estimate of drug-likeness (QED) is 0.614. The molecule has 7 nitrogen and oxygen atoms in total. The Hall–Kier alpha value is -1.86. The van der Waals surface area contributed by atoms with Gasteiger partial charge in [0.25, 0.3) is 5.69 Å². The summed E-state index contributed by atoms with van der Waals surface area (Å²) in [5.41, 5.74) is 0.382. The van der Waals surface area contributed by atoms with E-state index in [9.17, 15) is 15.2 Å². The van der Waals surface area contributed by atoms with Gasteiger partial charge < -0.3 is 19.9 Å². The van der Waals surface area contributed by atoms with Gasteiger partial charge in [-0.3, -0.25) is 10.1 Å². The summed E-state index contributed by atoms with van der Waals surface area (Å²) in [6.07, 6.45) is 2.16. The van der Waals surface area contributed by atoms with Crippen LogP contribution in [0, 0.1) is 16.0 Å². The zero-order valence-corrected chi connectivity index (χ0v) is 12.0. The Labute approximate surface area is 123 Å². The number of nitro benzene ring substituents is 1. The highest BCUT2D eigenvalue weighted by Crippen LogP contribution is 2.33. The van der Waals surface area contributed by atoms with Crippen molar-refractivity contribution in [2.75, 3.05) is 26.9 Å². The second-order valence-corrected chi connectivity index (χ2v) is 5.12. The third-order valence-electron chi connectivity index (χ3n) is 3.58. The SMILES string of the molecule is COc1cc(CNCC2CCCOC2)c([N+](=O)[O-])cc1O. The van der Waals surface area contributed by atoms with Gasteiger partial charge in [-0.05, 0) is 24.8 Å². The van der Waals surface area contributed by atoms with Crippen LogP contribution in [0.15, 0.2) is 12.1 Å². The number of phenols is 1. The number of nitrogens with zero attached hydrogens (tertiary/aromatic N) is 1. The van der Waals surface area contributed by atoms with Crippen LogP contribution in [0.5, 0.6) is 11.5 Å². The van der Waals surface area contributed by atoms with Gasteiger partial charge in [-0.15, -0.1) is 0 Å². The summed E-state index contributed by atoms with van der Waals surface area (Å²) < 4.78 is 10.4. The molecule has 21 heavy (non-hydrogen) atoms. The van der Waals surface area contributed by atoms with Crippen molar-refractivity contribution in [1.29, 1.82) is 0 Å². The number of phenolic OH excluding ortho intramolecular Hbond substituents is 1. The Morgan fingerprint density at radius 1 is 1.57 bits per heavy atom. The Kier molecular flexibility index (Phi) is 5.35. The Morgan fingerprint density at radius 3 is 3.00 bits per heavy atom. The molecule has 2 N–H and O–H groups in total. The average molecular weight is 296 g/mol. The first-order chi connectivity index (χ1) is 10.1. The first-order valence-corrected chi connectivity index (χ1v) is 6.94. The van der Waals surface area contributed by atoms with E-state index in [2.05, 4.69) is 5.32 Å². The maximum Gasteiger partial charge on any atom is 0.277 e. The largest absolute Gasteiger partial charge is 0.504 e. The zero-order chi connectivity index (χ0) is 15.2. The maximum atomic E-state index is 11.0. The molecule has 1 heterocycles. The fourth-order valence-electron chi connectivity index (χ4n) is 2.45. The maximum absolute atomic E-state index is 11.0. The van der Waals surface area contributed by atoms with Crippen LogP contribution in [0.2, 0.25) is 0 Å². The smallest absolute Gasteiger partial charge is 0.277 e. The molecule has 116 valence electrons. The summed E-state index contributed by atoms with van der Waals surface area (Å²) in [6.45, 7) is 2.65. The molecule has 7 heteroatoms. The molecule has 1 unspecified atom stereocenters. The molecule has 1 aromatic carbocycles. The van der Waals surface area contributed by atoms with Crippen molar-refractivity contribution >= 4 is 5.69 Å². The van der Waals surface area contributed by atoms with E-state index in [1.807, 2.05) is 0 Å². The van der Waals surface area contributed by atoms with E-state index in [0.717, 1.165) is 38.7 Å². The lowest BCUT2D eigenvalue weighted by atomic mass is 10.0. The topological polar surface area (TPSA) is 93.9 Å². The van der Waals surface area contributed by atoms with E-state index in [0.29, 0.717) is 18.0 Å². The van der Waals surface area contributed by atoms with Gasteiger partial charge in [0.15, 0.2) is 11.5 Å². The number of rotatable bonds is 6. The van der Waals surface area contributed by atoms with E-state index < -0.39 is 4.92 Å². The molecule has 1 fully saturated rings. The Morgan fingerprint density at radius 2 is 2.38 bits per heavy atom. The van der Waals surface area contributed by atoms with Crippen LogP contribution < -0.4 is 10.1 Å². The van der Waals surface area contributed by atoms with E-state index in [1.165, 1.54) is 13.2 Å². The molecule has 1 saturated heterocycles. The highest BCUT2D eigenvalue weighted by molar-refractivity contribution is 5.53. The van der Waals surface area contributed by atoms with Crippen LogP contribution in [0.3, 0.4) is 0 Å². The molecule has 0 spiro atoms. The summed E-state index contributed by atoms with van der Waals surface area (Å²) in [7, 11) is 1.41. The first kappa shape index (κ1) is 15.5. The molecule has 0 aliphatic carbocycles. The summed E-state index contributed by atoms with van der Waals surface area (Å²) in [5.74, 6) is 0.448. The van der Waals surface area contributed by atoms with Crippen molar-refractivity contribution in [3.8, 4) is 11.5 Å². The number of hydrogen-bond donors (Lipinski definition) is 2. The third kappa shape index (κ3) is 4.05. The molecule has 1 atom stereocenters. The molecule has 0 saturated carbocycles. The van der Waals surface area contributed by atoms with Crippen LogP contribution in [0.4, 0.5) is 5.69 Å². The third-order valence-corrected chi connectivity index (χ3v) is 3.58. The molecule has 1 aromatic rings. The number of hydrogen-bond acceptors (Lipinski definition) is 6. The lowest BCUT2D eigenvalue weighted by Gasteiger charge is -2.22. The van der Waals surface area contributed by atoms with Gasteiger partial charge in [0.1, 0.15) is 0 Å². The van der Waals surface area contributed by atoms with Crippen LogP contribution >= 0.6 is 0 Å². The van der Waals surface area contributed by atoms with Crippen molar-refractivity contribution in [3.05, 3.63) is 27.8 Å². The van der Waals surface area contributed by atoms with Crippen molar-refractivity contribution in [2.45, 2.75) is 19.4 Å². The van der Waals surface area contributed by atoms with Gasteiger partial charge in [-0.25, -0.2) is 0 Å². The highest BCUT2D eigenvalue weighted by Gasteiger charge is 2.19. The number of benzene rings is 1. The van der Waals surface area contributed by atoms with Crippen LogP contribution in [-0.4, -0.2) is 36.9 Å². The van der Waals surface area contributed by atoms with Gasteiger partial charge in [0, 0.05) is 25.3 Å². The fourth-order valence-corrected chi connectivity index (χ4v) is 2.45. The van der Waals surface area contributed by atoms with Crippen LogP contribution in [0.1, 0.15) is 18.4 Å². The zero-order valence-electron chi connectivity index (χ0n) is 12.0. The molecule has 1 aliphatic rings. The number of methoxy groups -OCH3 is 1. The number of nitro groups is 1. The number of ether oxygens (including phenoxy) is 2. The fraction of sp³-hybridized carbons (Fsp3) is 0.571. The molecular weight excluding hydrogens is 276 g/mol. The first-order valence-electron chi connectivity index (χ1n) is 6.94. The normalized spacial score (nSPS) is 18.4. The van der Waals surface area contributed by atoms with E-state index in [1.54, 1.807) is 0 Å². The molecule has 0 aromatic heterocycles. The highest BCUT2D eigenvalue weighted by atomic mass is 16.6. The standard InChI is InChI=1S/C14H20N2O5/c1-20-14-5-11(12(16(18)19)6-13(14)17)8-15-7-10-3-2-4-21-9-10/h5-6,10,15,17H,2-4,7-9H2,1H3. The summed E-state index contributed by atoms with van der Waals surface area (Å²) in [4.78, 5) is 10.5. The summed E-state index contributed by atoms with van der Waals surface area (Å²) >= 11 is 0. The lowest BCUT2D eigenvalue weighted by Crippen LogP contribution is -2.29. The van der Waals surface area contributed by atoms with Gasteiger partial charge in [-0.2, -0.15) is 0 Å². The van der Waals surface area contributed by atoms with Crippen molar-refractivity contribution < 1.29 is 19.5 Å². The molecule has 0 radical (unpaired) electrons. The Bertz CT molecular complexity index is 500. The number of nitrogens with one attached hydrogen (secondary N) is 1. The second kappa shape index (κ2) is 7.24. The minimum absolute atomic E-state index is 0.110. The van der Waals surface area contributed by atoms with Gasteiger partial charge in [0.2, 0.25) is 0 Å². The van der Waals surface area contributed by atoms with Crippen LogP contribution in [-0.2, 0) is 11.3 Å². The lowest BCUT2D eigenvalue weighted by molar-refractivity contribution is -0.385. The molecule has 2 rings (SSSR count). The van der Waals surface area contributed by atoms with E-state index in [4.69, 9.17) is 9.47 Å². The van der Waals surface area contributed by atoms with Crippen LogP contribution in [0.25, 0.3) is 0 Å². The van der Waals surface area contributed by atoms with Gasteiger partial charge in [-0.1, -0.05) is 0 Å². The predicted molar refractivity (Wildman–Crippen MR) is 76.6 cm³/mol. The minimum atomic E-state index is -0.500. The summed E-state index contributed by atoms with van der Waals surface area (Å²) in [6, 6.07) is 2.62. The average Bonchev–Trinajstić information content (AvgIpc) is 2.49. The van der Waals surface area contributed by atoms with Crippen molar-refractivity contribution in [3.63, 3.8) is 0 Å². The van der Waals surface area contributed by atoms with E-state index >= 15 is 0 Å². The minimum Gasteiger partial charge on any atom is -0.504 e. The van der Waals surface area contributed by atoms with Gasteiger partial charge in [0.05, 0.1) is 24.7 Å². The predicted octanol–water partition coefficient (Wildman–Crippen LogP) is 1.83. The van der Waals surface area contributed by atoms with Gasteiger partial charge >= 0.3 is 0 Å². The monoisotopic (exact) mass is 296 g/mol. The summed E-state index contributed by atoms with van der Waals surface area (Å²) in [5, 5.41) is 23.9. The molecule has 0 amide bonds. The Balaban J connectivity index is 2.01. The molecule has 0 bridgehead atoms. The number of aromatic hydroxyl groups is 1. The van der Waals surface area contributed by atoms with E-state index in [-0.39, 0.29) is 17.2 Å². The van der Waals surface area contributed by atoms with Crippen molar-refractivity contribution in [1.82, 2.24) is 5.32 Å².